The molecule has 8 heteroatoms. The van der Waals surface area contributed by atoms with Crippen LogP contribution in [0.3, 0.4) is 0 Å². The second-order valence-corrected chi connectivity index (χ2v) is 16.2. The van der Waals surface area contributed by atoms with E-state index in [1.807, 2.05) is 0 Å². The molecule has 18 heavy (non-hydrogen) atoms. The van der Waals surface area contributed by atoms with Crippen molar-refractivity contribution in [2.24, 2.45) is 0 Å². The molecule has 0 saturated carbocycles. The fourth-order valence-corrected chi connectivity index (χ4v) is 6.77. The van der Waals surface area contributed by atoms with Crippen LogP contribution in [0.1, 0.15) is 10.4 Å². The minimum absolute atomic E-state index is 0.0557. The number of halogens is 1. The second kappa shape index (κ2) is 5.64. The quantitative estimate of drug-likeness (QED) is 0.444. The van der Waals surface area contributed by atoms with Gasteiger partial charge in [-0.1, -0.05) is 42.0 Å². The second-order valence-electron chi connectivity index (χ2n) is 4.65. The highest BCUT2D eigenvalue weighted by Crippen LogP contribution is 2.46. The Kier molecular flexibility index (Phi) is 4.88. The van der Waals surface area contributed by atoms with Crippen LogP contribution < -0.4 is 11.5 Å². The van der Waals surface area contributed by atoms with Crippen molar-refractivity contribution in [2.75, 3.05) is 11.5 Å². The number of benzene rings is 1. The van der Waals surface area contributed by atoms with Gasteiger partial charge in [-0.3, -0.25) is 0 Å². The molecule has 0 aliphatic carbocycles. The summed E-state index contributed by atoms with van der Waals surface area (Å²) in [7, 11) is 1.86. The summed E-state index contributed by atoms with van der Waals surface area (Å²) in [5, 5.41) is 9.19. The number of hydrogen-bond donors (Lipinski definition) is 3. The molecule has 0 aliphatic heterocycles. The molecule has 0 aliphatic rings. The maximum atomic E-state index is 11.0. The smallest absolute Gasteiger partial charge is 0.337 e. The summed E-state index contributed by atoms with van der Waals surface area (Å²) in [5.74, 6) is -1.13. The van der Waals surface area contributed by atoms with Crippen molar-refractivity contribution in [3.8, 4) is 0 Å². The van der Waals surface area contributed by atoms with E-state index in [1.54, 1.807) is 10.2 Å². The number of hydrogen-bond acceptors (Lipinski definition) is 5. The summed E-state index contributed by atoms with van der Waals surface area (Å²) in [6.07, 6.45) is 0. The topological polar surface area (TPSA) is 89.3 Å². The van der Waals surface area contributed by atoms with E-state index in [-0.39, 0.29) is 16.3 Å². The first-order valence-electron chi connectivity index (χ1n) is 5.10. The molecule has 1 rings (SSSR count). The van der Waals surface area contributed by atoms with Gasteiger partial charge >= 0.3 is 5.97 Å². The summed E-state index contributed by atoms with van der Waals surface area (Å²) in [5.41, 5.74) is 11.9. The van der Waals surface area contributed by atoms with E-state index in [0.29, 0.717) is 10.6 Å². The van der Waals surface area contributed by atoms with Gasteiger partial charge < -0.3 is 16.6 Å². The maximum Gasteiger partial charge on any atom is 0.337 e. The number of nitrogens with two attached hydrogens (primary N) is 2. The first-order valence-corrected chi connectivity index (χ1v) is 11.8. The molecular formula is C10H15ClN2O2S2Si. The summed E-state index contributed by atoms with van der Waals surface area (Å²) in [6.45, 7) is 6.59. The van der Waals surface area contributed by atoms with Crippen molar-refractivity contribution < 1.29 is 9.90 Å². The maximum absolute atomic E-state index is 11.0. The van der Waals surface area contributed by atoms with Gasteiger partial charge in [0.05, 0.1) is 21.2 Å². The molecule has 0 unspecified atom stereocenters. The van der Waals surface area contributed by atoms with Crippen molar-refractivity contribution in [3.05, 3.63) is 16.7 Å². The van der Waals surface area contributed by atoms with Gasteiger partial charge in [0.25, 0.3) is 0 Å². The number of carboxylic acid groups (broad SMARTS) is 1. The Morgan fingerprint density at radius 2 is 1.94 bits per heavy atom. The van der Waals surface area contributed by atoms with Gasteiger partial charge in [-0.2, -0.15) is 0 Å². The molecule has 100 valence electrons. The average molecular weight is 323 g/mol. The third-order valence-electron chi connectivity index (χ3n) is 1.89. The third kappa shape index (κ3) is 3.74. The summed E-state index contributed by atoms with van der Waals surface area (Å²) in [4.78, 5) is 11.6. The van der Waals surface area contributed by atoms with E-state index < -0.39 is 13.2 Å². The van der Waals surface area contributed by atoms with Crippen LogP contribution >= 0.6 is 32.6 Å². The Balaban J connectivity index is 3.15. The van der Waals surface area contributed by atoms with Gasteiger partial charge in [0.15, 0.2) is 0 Å². The number of rotatable bonds is 4. The van der Waals surface area contributed by atoms with E-state index in [1.165, 1.54) is 16.9 Å². The van der Waals surface area contributed by atoms with Gasteiger partial charge in [-0.25, -0.2) is 4.79 Å². The number of carboxylic acids is 1. The Bertz CT molecular complexity index is 492. The number of nitrogen functional groups attached to an aromatic ring is 2. The molecule has 0 amide bonds. The lowest BCUT2D eigenvalue weighted by atomic mass is 10.1. The van der Waals surface area contributed by atoms with E-state index in [4.69, 9.17) is 28.2 Å². The first-order chi connectivity index (χ1) is 8.13. The van der Waals surface area contributed by atoms with Gasteiger partial charge in [-0.05, 0) is 6.07 Å². The lowest BCUT2D eigenvalue weighted by molar-refractivity contribution is 0.0698. The van der Waals surface area contributed by atoms with Crippen molar-refractivity contribution in [2.45, 2.75) is 24.5 Å². The SMILES string of the molecule is C[Si](C)(C)SSc1c(N)cc(C(=O)O)c(N)c1Cl. The molecule has 0 radical (unpaired) electrons. The minimum Gasteiger partial charge on any atom is -0.478 e. The molecular weight excluding hydrogens is 308 g/mol. The fourth-order valence-electron chi connectivity index (χ4n) is 1.09. The molecule has 1 aromatic rings. The number of carbonyl (C=O) groups is 1. The Morgan fingerprint density at radius 3 is 2.39 bits per heavy atom. The van der Waals surface area contributed by atoms with E-state index in [2.05, 4.69) is 19.6 Å². The van der Waals surface area contributed by atoms with Crippen LogP contribution in [0.15, 0.2) is 11.0 Å². The molecule has 0 aromatic heterocycles. The standard InChI is InChI=1S/C10H15ClN2O2S2Si/c1-18(2,3)17-16-9-6(12)4-5(10(14)15)8(13)7(9)11/h4H,12-13H2,1-3H3,(H,14,15). The summed E-state index contributed by atoms with van der Waals surface area (Å²) < 4.78 is 0. The van der Waals surface area contributed by atoms with E-state index in [0.717, 1.165) is 0 Å². The van der Waals surface area contributed by atoms with Crippen molar-refractivity contribution >= 4 is 57.2 Å². The van der Waals surface area contributed by atoms with Gasteiger partial charge in [0, 0.05) is 5.69 Å². The highest BCUT2D eigenvalue weighted by Gasteiger charge is 2.21. The van der Waals surface area contributed by atoms with Gasteiger partial charge in [0.2, 0.25) is 0 Å². The summed E-state index contributed by atoms with van der Waals surface area (Å²) >= 11 is 6.09. The summed E-state index contributed by atoms with van der Waals surface area (Å²) in [6, 6.07) is 1.36. The van der Waals surface area contributed by atoms with Crippen LogP contribution in [-0.2, 0) is 0 Å². The van der Waals surface area contributed by atoms with Crippen molar-refractivity contribution in [1.82, 2.24) is 0 Å². The van der Waals surface area contributed by atoms with E-state index >= 15 is 0 Å². The zero-order valence-corrected chi connectivity index (χ0v) is 13.7. The molecule has 0 fully saturated rings. The zero-order chi connectivity index (χ0) is 14.1. The van der Waals surface area contributed by atoms with Crippen molar-refractivity contribution in [1.29, 1.82) is 0 Å². The average Bonchev–Trinajstić information content (AvgIpc) is 2.21. The molecule has 0 bridgehead atoms. The molecule has 0 saturated heterocycles. The number of aromatic carboxylic acids is 1. The Labute approximate surface area is 120 Å². The zero-order valence-electron chi connectivity index (χ0n) is 10.3. The molecule has 1 aromatic carbocycles. The molecule has 0 spiro atoms. The lowest BCUT2D eigenvalue weighted by Crippen LogP contribution is -2.12. The minimum atomic E-state index is -1.33. The normalized spacial score (nSPS) is 11.6. The first kappa shape index (κ1) is 15.6. The predicted octanol–water partition coefficient (Wildman–Crippen LogP) is 3.78. The fraction of sp³-hybridized carbons (Fsp3) is 0.300. The van der Waals surface area contributed by atoms with Crippen molar-refractivity contribution in [3.63, 3.8) is 0 Å². The molecule has 4 nitrogen and oxygen atoms in total. The molecule has 0 atom stereocenters. The Hall–Kier alpha value is -0.503. The third-order valence-corrected chi connectivity index (χ3v) is 11.1. The van der Waals surface area contributed by atoms with Gasteiger partial charge in [-0.15, -0.1) is 10.2 Å². The lowest BCUT2D eigenvalue weighted by Gasteiger charge is -2.17. The van der Waals surface area contributed by atoms with Crippen LogP contribution in [-0.4, -0.2) is 18.3 Å². The van der Waals surface area contributed by atoms with Crippen LogP contribution in [0.5, 0.6) is 0 Å². The van der Waals surface area contributed by atoms with Crippen LogP contribution in [0.4, 0.5) is 11.4 Å². The Morgan fingerprint density at radius 1 is 1.39 bits per heavy atom. The molecule has 0 heterocycles. The predicted molar refractivity (Wildman–Crippen MR) is 84.0 cm³/mol. The largest absolute Gasteiger partial charge is 0.478 e. The highest BCUT2D eigenvalue weighted by atomic mass is 35.5. The van der Waals surface area contributed by atoms with E-state index in [9.17, 15) is 4.79 Å². The van der Waals surface area contributed by atoms with Crippen LogP contribution in [0, 0.1) is 0 Å². The molecule has 5 N–H and O–H groups in total. The van der Waals surface area contributed by atoms with Crippen LogP contribution in [0.25, 0.3) is 0 Å². The number of anilines is 2. The highest BCUT2D eigenvalue weighted by molar-refractivity contribution is 8.87. The monoisotopic (exact) mass is 322 g/mol. The van der Waals surface area contributed by atoms with Crippen LogP contribution in [0.2, 0.25) is 24.7 Å². The van der Waals surface area contributed by atoms with Gasteiger partial charge in [0.1, 0.15) is 7.22 Å².